The van der Waals surface area contributed by atoms with Gasteiger partial charge in [0.1, 0.15) is 12.4 Å². The van der Waals surface area contributed by atoms with E-state index in [2.05, 4.69) is 5.32 Å². The molecule has 3 N–H and O–H groups in total. The first-order valence-electron chi connectivity index (χ1n) is 8.96. The maximum atomic E-state index is 14.5. The Balaban J connectivity index is 1.74. The van der Waals surface area contributed by atoms with Crippen molar-refractivity contribution in [2.45, 2.75) is 31.8 Å². The Hall–Kier alpha value is -2.52. The van der Waals surface area contributed by atoms with E-state index in [9.17, 15) is 18.8 Å². The maximum Gasteiger partial charge on any atom is 0.253 e. The van der Waals surface area contributed by atoms with Crippen LogP contribution in [0.25, 0.3) is 0 Å². The molecule has 0 aromatic heterocycles. The van der Waals surface area contributed by atoms with Gasteiger partial charge >= 0.3 is 0 Å². The van der Waals surface area contributed by atoms with Crippen LogP contribution in [0.3, 0.4) is 0 Å². The topological polar surface area (TPSA) is 105 Å². The number of nitrogens with two attached hydrogens (primary N) is 1. The van der Waals surface area contributed by atoms with Crippen LogP contribution in [0, 0.1) is 5.82 Å². The second-order valence-electron chi connectivity index (χ2n) is 6.62. The third-order valence-electron chi connectivity index (χ3n) is 4.72. The SMILES string of the molecule is CCN(C1CC1)[C@H](C(N)=O)C(=O)Nc1ccc(N2CCOCC2=O)c(F)c1. The van der Waals surface area contributed by atoms with Gasteiger partial charge in [-0.15, -0.1) is 0 Å². The van der Waals surface area contributed by atoms with Crippen molar-refractivity contribution >= 4 is 29.1 Å². The smallest absolute Gasteiger partial charge is 0.253 e. The fraction of sp³-hybridized carbons (Fsp3) is 0.500. The first kappa shape index (κ1) is 19.2. The summed E-state index contributed by atoms with van der Waals surface area (Å²) in [5.74, 6) is -2.30. The van der Waals surface area contributed by atoms with E-state index in [-0.39, 0.29) is 36.5 Å². The van der Waals surface area contributed by atoms with Gasteiger partial charge in [-0.3, -0.25) is 19.3 Å². The van der Waals surface area contributed by atoms with Crippen molar-refractivity contribution < 1.29 is 23.5 Å². The fourth-order valence-electron chi connectivity index (χ4n) is 3.29. The van der Waals surface area contributed by atoms with Gasteiger partial charge in [-0.25, -0.2) is 4.39 Å². The molecule has 27 heavy (non-hydrogen) atoms. The molecule has 1 aromatic carbocycles. The quantitative estimate of drug-likeness (QED) is 0.671. The molecule has 1 aromatic rings. The van der Waals surface area contributed by atoms with Crippen molar-refractivity contribution in [1.82, 2.24) is 4.90 Å². The van der Waals surface area contributed by atoms with Crippen molar-refractivity contribution in [3.63, 3.8) is 0 Å². The van der Waals surface area contributed by atoms with E-state index in [0.29, 0.717) is 13.2 Å². The Morgan fingerprint density at radius 1 is 1.44 bits per heavy atom. The highest BCUT2D eigenvalue weighted by molar-refractivity contribution is 6.09. The van der Waals surface area contributed by atoms with Crippen LogP contribution in [0.15, 0.2) is 18.2 Å². The molecular weight excluding hydrogens is 355 g/mol. The van der Waals surface area contributed by atoms with E-state index in [1.165, 1.54) is 17.0 Å². The third kappa shape index (κ3) is 4.25. The molecule has 2 aliphatic rings. The average molecular weight is 378 g/mol. The lowest BCUT2D eigenvalue weighted by Gasteiger charge is -2.28. The van der Waals surface area contributed by atoms with Gasteiger partial charge in [-0.2, -0.15) is 0 Å². The van der Waals surface area contributed by atoms with Gasteiger partial charge < -0.3 is 20.7 Å². The number of primary amides is 1. The van der Waals surface area contributed by atoms with Crippen molar-refractivity contribution in [3.8, 4) is 0 Å². The maximum absolute atomic E-state index is 14.5. The number of morpholine rings is 1. The number of nitrogens with one attached hydrogen (secondary N) is 1. The summed E-state index contributed by atoms with van der Waals surface area (Å²) in [5, 5.41) is 2.55. The lowest BCUT2D eigenvalue weighted by Crippen LogP contribution is -2.53. The Morgan fingerprint density at radius 3 is 2.74 bits per heavy atom. The van der Waals surface area contributed by atoms with Crippen LogP contribution in [-0.2, 0) is 19.1 Å². The Morgan fingerprint density at radius 2 is 2.19 bits per heavy atom. The molecule has 1 atom stereocenters. The predicted molar refractivity (Wildman–Crippen MR) is 96.6 cm³/mol. The monoisotopic (exact) mass is 378 g/mol. The lowest BCUT2D eigenvalue weighted by atomic mass is 10.2. The number of nitrogens with zero attached hydrogens (tertiary/aromatic N) is 2. The first-order chi connectivity index (χ1) is 12.9. The normalized spacial score (nSPS) is 18.5. The zero-order valence-corrected chi connectivity index (χ0v) is 15.1. The van der Waals surface area contributed by atoms with E-state index in [0.717, 1.165) is 18.9 Å². The van der Waals surface area contributed by atoms with Gasteiger partial charge in [0.2, 0.25) is 5.91 Å². The van der Waals surface area contributed by atoms with Gasteiger partial charge in [-0.1, -0.05) is 6.92 Å². The van der Waals surface area contributed by atoms with Crippen LogP contribution >= 0.6 is 0 Å². The van der Waals surface area contributed by atoms with Gasteiger partial charge in [0.15, 0.2) is 6.04 Å². The number of hydrogen-bond acceptors (Lipinski definition) is 5. The number of carbonyl (C=O) groups excluding carboxylic acids is 3. The number of amides is 3. The molecule has 2 fully saturated rings. The molecule has 9 heteroatoms. The molecule has 0 unspecified atom stereocenters. The van der Waals surface area contributed by atoms with Gasteiger partial charge in [0.25, 0.3) is 11.8 Å². The minimum atomic E-state index is -1.11. The Bertz CT molecular complexity index is 753. The summed E-state index contributed by atoms with van der Waals surface area (Å²) < 4.78 is 19.5. The predicted octanol–water partition coefficient (Wildman–Crippen LogP) is 0.466. The average Bonchev–Trinajstić information content (AvgIpc) is 3.45. The first-order valence-corrected chi connectivity index (χ1v) is 8.96. The summed E-state index contributed by atoms with van der Waals surface area (Å²) in [6.45, 7) is 2.87. The molecule has 3 amide bonds. The van der Waals surface area contributed by atoms with Crippen LogP contribution < -0.4 is 16.0 Å². The number of benzene rings is 1. The molecule has 1 aliphatic heterocycles. The summed E-state index contributed by atoms with van der Waals surface area (Å²) >= 11 is 0. The van der Waals surface area contributed by atoms with Crippen molar-refractivity contribution in [2.75, 3.05) is 36.5 Å². The third-order valence-corrected chi connectivity index (χ3v) is 4.72. The molecular formula is C18H23FN4O4. The van der Waals surface area contributed by atoms with E-state index < -0.39 is 23.7 Å². The summed E-state index contributed by atoms with van der Waals surface area (Å²) in [4.78, 5) is 39.3. The van der Waals surface area contributed by atoms with Crippen molar-refractivity contribution in [1.29, 1.82) is 0 Å². The van der Waals surface area contributed by atoms with E-state index >= 15 is 0 Å². The number of halogens is 1. The number of ether oxygens (including phenoxy) is 1. The summed E-state index contributed by atoms with van der Waals surface area (Å²) in [7, 11) is 0. The van der Waals surface area contributed by atoms with Crippen LogP contribution in [0.5, 0.6) is 0 Å². The van der Waals surface area contributed by atoms with Crippen molar-refractivity contribution in [2.24, 2.45) is 5.73 Å². The number of rotatable bonds is 7. The second kappa shape index (κ2) is 8.01. The molecule has 1 saturated carbocycles. The number of hydrogen-bond donors (Lipinski definition) is 2. The van der Waals surface area contributed by atoms with Crippen LogP contribution in [0.4, 0.5) is 15.8 Å². The number of carbonyl (C=O) groups is 3. The zero-order valence-electron chi connectivity index (χ0n) is 15.1. The summed E-state index contributed by atoms with van der Waals surface area (Å²) in [6.07, 6.45) is 1.84. The molecule has 0 spiro atoms. The van der Waals surface area contributed by atoms with Crippen LogP contribution in [-0.4, -0.2) is 61.0 Å². The molecule has 3 rings (SSSR count). The van der Waals surface area contributed by atoms with E-state index in [4.69, 9.17) is 10.5 Å². The van der Waals surface area contributed by atoms with E-state index in [1.807, 2.05) is 6.92 Å². The Kier molecular flexibility index (Phi) is 5.71. The standard InChI is InChI=1S/C18H23FN4O4/c1-2-22(12-4-5-12)16(17(20)25)18(26)21-11-3-6-14(13(19)9-11)23-7-8-27-10-15(23)24/h3,6,9,12,16H,2,4-5,7-8,10H2,1H3,(H2,20,25)(H,21,26)/t16-/m1/s1. The minimum absolute atomic E-state index is 0.0910. The zero-order chi connectivity index (χ0) is 19.6. The molecule has 1 heterocycles. The molecule has 1 aliphatic carbocycles. The lowest BCUT2D eigenvalue weighted by molar-refractivity contribution is -0.132. The molecule has 8 nitrogen and oxygen atoms in total. The van der Waals surface area contributed by atoms with Gasteiger partial charge in [0.05, 0.1) is 12.3 Å². The minimum Gasteiger partial charge on any atom is -0.370 e. The van der Waals surface area contributed by atoms with E-state index in [1.54, 1.807) is 4.90 Å². The molecule has 146 valence electrons. The highest BCUT2D eigenvalue weighted by Crippen LogP contribution is 2.29. The largest absolute Gasteiger partial charge is 0.370 e. The highest BCUT2D eigenvalue weighted by atomic mass is 19.1. The Labute approximate surface area is 156 Å². The summed E-state index contributed by atoms with van der Waals surface area (Å²) in [5.41, 5.74) is 5.75. The number of likely N-dealkylation sites (N-methyl/N-ethyl adjacent to an activating group) is 1. The van der Waals surface area contributed by atoms with Gasteiger partial charge in [0, 0.05) is 18.3 Å². The molecule has 0 bridgehead atoms. The molecule has 1 saturated heterocycles. The number of anilines is 2. The highest BCUT2D eigenvalue weighted by Gasteiger charge is 2.39. The summed E-state index contributed by atoms with van der Waals surface area (Å²) in [6, 6.07) is 3.11. The van der Waals surface area contributed by atoms with Crippen LogP contribution in [0.2, 0.25) is 0 Å². The fourth-order valence-corrected chi connectivity index (χ4v) is 3.29. The van der Waals surface area contributed by atoms with Crippen molar-refractivity contribution in [3.05, 3.63) is 24.0 Å². The van der Waals surface area contributed by atoms with Gasteiger partial charge in [-0.05, 0) is 37.6 Å². The van der Waals surface area contributed by atoms with Crippen LogP contribution in [0.1, 0.15) is 19.8 Å². The molecule has 0 radical (unpaired) electrons. The second-order valence-corrected chi connectivity index (χ2v) is 6.62.